The Kier molecular flexibility index (Phi) is 4.48. The van der Waals surface area contributed by atoms with E-state index in [1.54, 1.807) is 0 Å². The van der Waals surface area contributed by atoms with Crippen molar-refractivity contribution in [2.75, 3.05) is 19.6 Å². The lowest BCUT2D eigenvalue weighted by atomic mass is 9.77. The Morgan fingerprint density at radius 2 is 1.82 bits per heavy atom. The van der Waals surface area contributed by atoms with Crippen molar-refractivity contribution in [1.82, 2.24) is 4.90 Å². The molecule has 2 N–H and O–H groups in total. The molecule has 5 unspecified atom stereocenters. The van der Waals surface area contributed by atoms with Crippen LogP contribution in [-0.4, -0.2) is 30.6 Å². The molecule has 0 radical (unpaired) electrons. The van der Waals surface area contributed by atoms with E-state index in [1.165, 1.54) is 38.8 Å². The molecule has 2 heteroatoms. The van der Waals surface area contributed by atoms with E-state index in [0.717, 1.165) is 36.3 Å². The van der Waals surface area contributed by atoms with Crippen LogP contribution in [0.3, 0.4) is 0 Å². The van der Waals surface area contributed by atoms with Crippen LogP contribution in [0, 0.1) is 23.7 Å². The first-order valence-electron chi connectivity index (χ1n) is 7.56. The minimum absolute atomic E-state index is 0.732. The Hall–Kier alpha value is -0.0800. The Morgan fingerprint density at radius 3 is 2.47 bits per heavy atom. The highest BCUT2D eigenvalue weighted by atomic mass is 15.2. The van der Waals surface area contributed by atoms with Crippen LogP contribution in [0.4, 0.5) is 0 Å². The van der Waals surface area contributed by atoms with Crippen molar-refractivity contribution in [3.63, 3.8) is 0 Å². The van der Waals surface area contributed by atoms with Gasteiger partial charge in [-0.2, -0.15) is 0 Å². The van der Waals surface area contributed by atoms with Gasteiger partial charge in [0, 0.05) is 12.6 Å². The topological polar surface area (TPSA) is 29.3 Å². The molecule has 2 rings (SSSR count). The fourth-order valence-corrected chi connectivity index (χ4v) is 3.98. The summed E-state index contributed by atoms with van der Waals surface area (Å²) >= 11 is 0. The molecule has 1 heterocycles. The Balaban J connectivity index is 1.93. The lowest BCUT2D eigenvalue weighted by Crippen LogP contribution is -2.50. The van der Waals surface area contributed by atoms with Crippen molar-refractivity contribution in [2.45, 2.75) is 52.5 Å². The lowest BCUT2D eigenvalue weighted by Gasteiger charge is -2.45. The molecule has 5 atom stereocenters. The minimum atomic E-state index is 0.732. The maximum atomic E-state index is 5.92. The zero-order valence-electron chi connectivity index (χ0n) is 11.9. The summed E-state index contributed by atoms with van der Waals surface area (Å²) in [4.78, 5) is 2.76. The molecule has 2 nitrogen and oxygen atoms in total. The molecule has 2 aliphatic rings. The molecule has 0 aromatic rings. The van der Waals surface area contributed by atoms with Crippen LogP contribution in [0.5, 0.6) is 0 Å². The van der Waals surface area contributed by atoms with Crippen molar-refractivity contribution < 1.29 is 0 Å². The van der Waals surface area contributed by atoms with Gasteiger partial charge >= 0.3 is 0 Å². The summed E-state index contributed by atoms with van der Waals surface area (Å²) < 4.78 is 0. The zero-order valence-corrected chi connectivity index (χ0v) is 11.9. The first-order chi connectivity index (χ1) is 8.11. The van der Waals surface area contributed by atoms with E-state index in [-0.39, 0.29) is 0 Å². The van der Waals surface area contributed by atoms with E-state index in [2.05, 4.69) is 25.7 Å². The molecular weight excluding hydrogens is 208 g/mol. The zero-order chi connectivity index (χ0) is 12.4. The first-order valence-corrected chi connectivity index (χ1v) is 7.56. The number of rotatable bonds is 2. The first kappa shape index (κ1) is 13.4. The summed E-state index contributed by atoms with van der Waals surface area (Å²) in [6.07, 6.45) is 5.60. The van der Waals surface area contributed by atoms with Gasteiger partial charge in [-0.25, -0.2) is 0 Å². The second kappa shape index (κ2) is 5.71. The van der Waals surface area contributed by atoms with Crippen LogP contribution in [0.15, 0.2) is 0 Å². The summed E-state index contributed by atoms with van der Waals surface area (Å²) in [5.41, 5.74) is 5.92. The predicted molar refractivity (Wildman–Crippen MR) is 73.9 cm³/mol. The number of hydrogen-bond acceptors (Lipinski definition) is 2. The van der Waals surface area contributed by atoms with Gasteiger partial charge in [-0.1, -0.05) is 20.8 Å². The molecule has 100 valence electrons. The highest BCUT2D eigenvalue weighted by molar-refractivity contribution is 4.88. The number of nitrogens with zero attached hydrogens (tertiary/aromatic N) is 1. The maximum absolute atomic E-state index is 5.92. The fraction of sp³-hybridized carbons (Fsp3) is 1.00. The van der Waals surface area contributed by atoms with E-state index < -0.39 is 0 Å². The maximum Gasteiger partial charge on any atom is 0.0121 e. The van der Waals surface area contributed by atoms with E-state index in [0.29, 0.717) is 0 Å². The molecule has 0 spiro atoms. The van der Waals surface area contributed by atoms with Crippen molar-refractivity contribution in [3.8, 4) is 0 Å². The van der Waals surface area contributed by atoms with Gasteiger partial charge in [0.2, 0.25) is 0 Å². The van der Waals surface area contributed by atoms with Crippen LogP contribution in [-0.2, 0) is 0 Å². The molecule has 0 amide bonds. The van der Waals surface area contributed by atoms with Gasteiger partial charge in [0.05, 0.1) is 0 Å². The van der Waals surface area contributed by atoms with Crippen molar-refractivity contribution >= 4 is 0 Å². The summed E-state index contributed by atoms with van der Waals surface area (Å²) in [7, 11) is 0. The van der Waals surface area contributed by atoms with Gasteiger partial charge < -0.3 is 5.73 Å². The average Bonchev–Trinajstić information content (AvgIpc) is 2.30. The molecular formula is C15H30N2. The standard InChI is InChI=1S/C15H30N2/c1-11-4-5-15(13(3)8-11)17-7-6-12(2)14(9-16)10-17/h11-15H,4-10,16H2,1-3H3. The summed E-state index contributed by atoms with van der Waals surface area (Å²) in [6, 6.07) is 0.841. The minimum Gasteiger partial charge on any atom is -0.330 e. The van der Waals surface area contributed by atoms with Gasteiger partial charge in [-0.3, -0.25) is 4.90 Å². The van der Waals surface area contributed by atoms with Crippen LogP contribution < -0.4 is 5.73 Å². The van der Waals surface area contributed by atoms with Crippen molar-refractivity contribution in [2.24, 2.45) is 29.4 Å². The number of hydrogen-bond donors (Lipinski definition) is 1. The summed E-state index contributed by atoms with van der Waals surface area (Å²) in [5.74, 6) is 3.38. The van der Waals surface area contributed by atoms with Gasteiger partial charge in [0.1, 0.15) is 0 Å². The number of likely N-dealkylation sites (tertiary alicyclic amines) is 1. The summed E-state index contributed by atoms with van der Waals surface area (Å²) in [5, 5.41) is 0. The quantitative estimate of drug-likeness (QED) is 0.801. The number of nitrogens with two attached hydrogens (primary N) is 1. The third kappa shape index (κ3) is 3.03. The molecule has 0 aromatic heterocycles. The Bertz CT molecular complexity index is 241. The molecule has 1 aliphatic carbocycles. The highest BCUT2D eigenvalue weighted by Crippen LogP contribution is 2.34. The third-order valence-corrected chi connectivity index (χ3v) is 5.30. The molecule has 1 aliphatic heterocycles. The average molecular weight is 238 g/mol. The molecule has 17 heavy (non-hydrogen) atoms. The summed E-state index contributed by atoms with van der Waals surface area (Å²) in [6.45, 7) is 10.7. The van der Waals surface area contributed by atoms with Gasteiger partial charge in [0.15, 0.2) is 0 Å². The van der Waals surface area contributed by atoms with Crippen LogP contribution in [0.2, 0.25) is 0 Å². The molecule has 1 saturated carbocycles. The van der Waals surface area contributed by atoms with Crippen molar-refractivity contribution in [3.05, 3.63) is 0 Å². The Labute approximate surface area is 107 Å². The largest absolute Gasteiger partial charge is 0.330 e. The van der Waals surface area contributed by atoms with E-state index in [1.807, 2.05) is 0 Å². The molecule has 1 saturated heterocycles. The monoisotopic (exact) mass is 238 g/mol. The smallest absolute Gasteiger partial charge is 0.0121 e. The lowest BCUT2D eigenvalue weighted by molar-refractivity contribution is 0.0380. The Morgan fingerprint density at radius 1 is 1.06 bits per heavy atom. The highest BCUT2D eigenvalue weighted by Gasteiger charge is 2.34. The van der Waals surface area contributed by atoms with Crippen molar-refractivity contribution in [1.29, 1.82) is 0 Å². The fourth-order valence-electron chi connectivity index (χ4n) is 3.98. The van der Waals surface area contributed by atoms with E-state index in [9.17, 15) is 0 Å². The normalized spacial score (nSPS) is 44.8. The number of piperidine rings is 1. The molecule has 0 bridgehead atoms. The second-order valence-corrected chi connectivity index (χ2v) is 6.72. The van der Waals surface area contributed by atoms with Crippen LogP contribution in [0.1, 0.15) is 46.5 Å². The third-order valence-electron chi connectivity index (χ3n) is 5.30. The van der Waals surface area contributed by atoms with Crippen LogP contribution >= 0.6 is 0 Å². The second-order valence-electron chi connectivity index (χ2n) is 6.72. The van der Waals surface area contributed by atoms with E-state index >= 15 is 0 Å². The van der Waals surface area contributed by atoms with Crippen LogP contribution in [0.25, 0.3) is 0 Å². The predicted octanol–water partition coefficient (Wildman–Crippen LogP) is 2.73. The molecule has 0 aromatic carbocycles. The van der Waals surface area contributed by atoms with E-state index in [4.69, 9.17) is 5.73 Å². The SMILES string of the molecule is CC1CCC(N2CCC(C)C(CN)C2)C(C)C1. The molecule has 2 fully saturated rings. The van der Waals surface area contributed by atoms with Gasteiger partial charge in [-0.15, -0.1) is 0 Å². The van der Waals surface area contributed by atoms with Gasteiger partial charge in [0.25, 0.3) is 0 Å². The van der Waals surface area contributed by atoms with Gasteiger partial charge in [-0.05, 0) is 62.4 Å².